The molecule has 7 nitrogen and oxygen atoms in total. The van der Waals surface area contributed by atoms with Crippen LogP contribution in [0.2, 0.25) is 5.02 Å². The summed E-state index contributed by atoms with van der Waals surface area (Å²) in [6.45, 7) is 4.12. The first-order valence-corrected chi connectivity index (χ1v) is 8.28. The predicted octanol–water partition coefficient (Wildman–Crippen LogP) is 1.43. The van der Waals surface area contributed by atoms with Crippen LogP contribution in [0.25, 0.3) is 0 Å². The minimum Gasteiger partial charge on any atom is -0.227 e. The zero-order valence-corrected chi connectivity index (χ0v) is 13.3. The third kappa shape index (κ3) is 3.99. The van der Waals surface area contributed by atoms with Crippen LogP contribution in [0.5, 0.6) is 0 Å². The van der Waals surface area contributed by atoms with Gasteiger partial charge in [-0.1, -0.05) is 17.7 Å². The Morgan fingerprint density at radius 2 is 2.14 bits per heavy atom. The standard InChI is InChI=1S/C12H16ClN5O2S/c1-9(2)18-12(15-16-17-18)6-7-14-21(19,20)11-5-3-4-10(13)8-11/h3-5,8-9,14H,6-7H2,1-2H3. The lowest BCUT2D eigenvalue weighted by Crippen LogP contribution is -2.27. The van der Waals surface area contributed by atoms with E-state index in [-0.39, 0.29) is 17.5 Å². The third-order valence-electron chi connectivity index (χ3n) is 2.80. The van der Waals surface area contributed by atoms with Gasteiger partial charge in [-0.2, -0.15) is 0 Å². The van der Waals surface area contributed by atoms with Crippen LogP contribution >= 0.6 is 11.6 Å². The number of halogens is 1. The van der Waals surface area contributed by atoms with E-state index in [9.17, 15) is 8.42 Å². The van der Waals surface area contributed by atoms with Crippen molar-refractivity contribution >= 4 is 21.6 Å². The molecule has 0 aliphatic rings. The molecular weight excluding hydrogens is 314 g/mol. The van der Waals surface area contributed by atoms with E-state index in [1.807, 2.05) is 13.8 Å². The molecule has 21 heavy (non-hydrogen) atoms. The van der Waals surface area contributed by atoms with Crippen molar-refractivity contribution in [3.63, 3.8) is 0 Å². The van der Waals surface area contributed by atoms with Gasteiger partial charge in [0.2, 0.25) is 10.0 Å². The summed E-state index contributed by atoms with van der Waals surface area (Å²) >= 11 is 5.80. The molecule has 1 N–H and O–H groups in total. The Morgan fingerprint density at radius 3 is 2.81 bits per heavy atom. The molecule has 0 saturated heterocycles. The van der Waals surface area contributed by atoms with Gasteiger partial charge < -0.3 is 0 Å². The molecule has 2 aromatic rings. The van der Waals surface area contributed by atoms with Crippen molar-refractivity contribution < 1.29 is 8.42 Å². The highest BCUT2D eigenvalue weighted by Crippen LogP contribution is 2.15. The van der Waals surface area contributed by atoms with Crippen molar-refractivity contribution in [3.8, 4) is 0 Å². The molecule has 0 unspecified atom stereocenters. The zero-order chi connectivity index (χ0) is 15.5. The minimum atomic E-state index is -3.58. The van der Waals surface area contributed by atoms with Crippen molar-refractivity contribution in [2.45, 2.75) is 31.2 Å². The van der Waals surface area contributed by atoms with Crippen LogP contribution in [0.1, 0.15) is 25.7 Å². The Balaban J connectivity index is 2.01. The number of benzene rings is 1. The van der Waals surface area contributed by atoms with E-state index in [0.29, 0.717) is 17.3 Å². The van der Waals surface area contributed by atoms with E-state index in [1.54, 1.807) is 16.8 Å². The van der Waals surface area contributed by atoms with Crippen LogP contribution in [0.4, 0.5) is 0 Å². The average molecular weight is 330 g/mol. The van der Waals surface area contributed by atoms with Crippen LogP contribution < -0.4 is 4.72 Å². The van der Waals surface area contributed by atoms with Gasteiger partial charge in [-0.05, 0) is 42.5 Å². The maximum atomic E-state index is 12.1. The molecule has 0 aliphatic heterocycles. The van der Waals surface area contributed by atoms with Crippen LogP contribution in [-0.2, 0) is 16.4 Å². The lowest BCUT2D eigenvalue weighted by molar-refractivity contribution is 0.492. The van der Waals surface area contributed by atoms with Gasteiger partial charge in [0.15, 0.2) is 5.82 Å². The number of rotatable bonds is 6. The van der Waals surface area contributed by atoms with Crippen molar-refractivity contribution in [1.29, 1.82) is 0 Å². The Labute approximate surface area is 128 Å². The largest absolute Gasteiger partial charge is 0.240 e. The summed E-state index contributed by atoms with van der Waals surface area (Å²) in [5.74, 6) is 0.638. The Morgan fingerprint density at radius 1 is 1.38 bits per heavy atom. The second-order valence-electron chi connectivity index (χ2n) is 4.74. The molecular formula is C12H16ClN5O2S. The van der Waals surface area contributed by atoms with Crippen LogP contribution in [0.15, 0.2) is 29.2 Å². The first-order valence-electron chi connectivity index (χ1n) is 6.42. The van der Waals surface area contributed by atoms with E-state index in [4.69, 9.17) is 11.6 Å². The molecule has 1 heterocycles. The summed E-state index contributed by atoms with van der Waals surface area (Å²) < 4.78 is 28.4. The van der Waals surface area contributed by atoms with Crippen molar-refractivity contribution in [3.05, 3.63) is 35.1 Å². The van der Waals surface area contributed by atoms with Gasteiger partial charge in [0, 0.05) is 18.0 Å². The number of sulfonamides is 1. The summed E-state index contributed by atoms with van der Waals surface area (Å²) in [6.07, 6.45) is 0.408. The van der Waals surface area contributed by atoms with E-state index in [2.05, 4.69) is 20.2 Å². The second kappa shape index (κ2) is 6.50. The predicted molar refractivity (Wildman–Crippen MR) is 78.5 cm³/mol. The Hall–Kier alpha value is -1.51. The SMILES string of the molecule is CC(C)n1nnnc1CCNS(=O)(=O)c1cccc(Cl)c1. The molecule has 0 atom stereocenters. The van der Waals surface area contributed by atoms with E-state index >= 15 is 0 Å². The fourth-order valence-corrected chi connectivity index (χ4v) is 3.12. The summed E-state index contributed by atoms with van der Waals surface area (Å²) in [5.41, 5.74) is 0. The topological polar surface area (TPSA) is 89.8 Å². The van der Waals surface area contributed by atoms with E-state index in [1.165, 1.54) is 12.1 Å². The lowest BCUT2D eigenvalue weighted by atomic mass is 10.3. The molecule has 1 aromatic carbocycles. The van der Waals surface area contributed by atoms with Crippen molar-refractivity contribution in [2.75, 3.05) is 6.54 Å². The molecule has 0 fully saturated rings. The molecule has 0 amide bonds. The second-order valence-corrected chi connectivity index (χ2v) is 6.94. The van der Waals surface area contributed by atoms with Crippen molar-refractivity contribution in [2.24, 2.45) is 0 Å². The molecule has 114 valence electrons. The molecule has 0 radical (unpaired) electrons. The number of hydrogen-bond donors (Lipinski definition) is 1. The minimum absolute atomic E-state index is 0.125. The average Bonchev–Trinajstić information content (AvgIpc) is 2.87. The number of tetrazole rings is 1. The van der Waals surface area contributed by atoms with Crippen LogP contribution in [0.3, 0.4) is 0 Å². The third-order valence-corrected chi connectivity index (χ3v) is 4.49. The molecule has 0 spiro atoms. The van der Waals surface area contributed by atoms with Gasteiger partial charge in [-0.15, -0.1) is 5.10 Å². The van der Waals surface area contributed by atoms with Gasteiger partial charge in [0.25, 0.3) is 0 Å². The lowest BCUT2D eigenvalue weighted by Gasteiger charge is -2.09. The van der Waals surface area contributed by atoms with Gasteiger partial charge in [0.05, 0.1) is 10.9 Å². The molecule has 0 aliphatic carbocycles. The zero-order valence-electron chi connectivity index (χ0n) is 11.7. The summed E-state index contributed by atoms with van der Waals surface area (Å²) in [5, 5.41) is 11.7. The molecule has 9 heteroatoms. The van der Waals surface area contributed by atoms with E-state index < -0.39 is 10.0 Å². The number of nitrogens with zero attached hydrogens (tertiary/aromatic N) is 4. The smallest absolute Gasteiger partial charge is 0.227 e. The molecule has 1 aromatic heterocycles. The monoisotopic (exact) mass is 329 g/mol. The molecule has 0 bridgehead atoms. The van der Waals surface area contributed by atoms with Crippen LogP contribution in [0, 0.1) is 0 Å². The highest BCUT2D eigenvalue weighted by molar-refractivity contribution is 7.89. The maximum Gasteiger partial charge on any atom is 0.240 e. The summed E-state index contributed by atoms with van der Waals surface area (Å²) in [6, 6.07) is 6.24. The first-order chi connectivity index (χ1) is 9.90. The van der Waals surface area contributed by atoms with Gasteiger partial charge in [0.1, 0.15) is 0 Å². The normalized spacial score (nSPS) is 12.0. The van der Waals surface area contributed by atoms with Gasteiger partial charge >= 0.3 is 0 Å². The summed E-state index contributed by atoms with van der Waals surface area (Å²) in [7, 11) is -3.58. The van der Waals surface area contributed by atoms with Gasteiger partial charge in [-0.25, -0.2) is 17.8 Å². The van der Waals surface area contributed by atoms with Gasteiger partial charge in [-0.3, -0.25) is 0 Å². The fourth-order valence-electron chi connectivity index (χ4n) is 1.79. The molecule has 2 rings (SSSR count). The maximum absolute atomic E-state index is 12.1. The Bertz CT molecular complexity index is 714. The number of hydrogen-bond acceptors (Lipinski definition) is 5. The highest BCUT2D eigenvalue weighted by atomic mass is 35.5. The fraction of sp³-hybridized carbons (Fsp3) is 0.417. The van der Waals surface area contributed by atoms with Crippen LogP contribution in [-0.4, -0.2) is 35.2 Å². The highest BCUT2D eigenvalue weighted by Gasteiger charge is 2.15. The number of aromatic nitrogens is 4. The van der Waals surface area contributed by atoms with E-state index in [0.717, 1.165) is 0 Å². The Kier molecular flexibility index (Phi) is 4.92. The number of nitrogens with one attached hydrogen (secondary N) is 1. The first kappa shape index (κ1) is 15.9. The summed E-state index contributed by atoms with van der Waals surface area (Å²) in [4.78, 5) is 0.137. The molecule has 0 saturated carbocycles. The quantitative estimate of drug-likeness (QED) is 0.865. The van der Waals surface area contributed by atoms with Crippen molar-refractivity contribution in [1.82, 2.24) is 24.9 Å².